The van der Waals surface area contributed by atoms with Gasteiger partial charge in [0.1, 0.15) is 11.5 Å². The molecule has 0 aliphatic carbocycles. The van der Waals surface area contributed by atoms with Crippen LogP contribution in [0.4, 0.5) is 15.9 Å². The highest BCUT2D eigenvalue weighted by molar-refractivity contribution is 9.10. The van der Waals surface area contributed by atoms with Gasteiger partial charge < -0.3 is 10.4 Å². The van der Waals surface area contributed by atoms with Gasteiger partial charge in [-0.15, -0.1) is 0 Å². The largest absolute Gasteiger partial charge is 0.476 e. The van der Waals surface area contributed by atoms with Gasteiger partial charge >= 0.3 is 5.97 Å². The molecule has 0 spiro atoms. The zero-order valence-electron chi connectivity index (χ0n) is 10.5. The summed E-state index contributed by atoms with van der Waals surface area (Å²) in [7, 11) is 0. The smallest absolute Gasteiger partial charge is 0.356 e. The quantitative estimate of drug-likeness (QED) is 0.756. The van der Waals surface area contributed by atoms with Crippen LogP contribution in [0.2, 0.25) is 0 Å². The highest BCUT2D eigenvalue weighted by Crippen LogP contribution is 2.26. The van der Waals surface area contributed by atoms with E-state index in [4.69, 9.17) is 0 Å². The molecule has 106 valence electrons. The summed E-state index contributed by atoms with van der Waals surface area (Å²) in [5.74, 6) is -1.55. The standard InChI is InChI=1S/C14H9BrFN3O2/c15-8-4-5-9(16)10(7-8)17-13-12(14(20)21)19-6-2-1-3-11(19)18-13/h1-7,17H,(H,20,21). The topological polar surface area (TPSA) is 66.6 Å². The van der Waals surface area contributed by atoms with Gasteiger partial charge in [0.15, 0.2) is 11.5 Å². The highest BCUT2D eigenvalue weighted by atomic mass is 79.9. The van der Waals surface area contributed by atoms with E-state index in [9.17, 15) is 14.3 Å². The number of rotatable bonds is 3. The second kappa shape index (κ2) is 5.17. The number of anilines is 2. The summed E-state index contributed by atoms with van der Waals surface area (Å²) in [5.41, 5.74) is 0.563. The molecule has 3 aromatic rings. The molecule has 0 fully saturated rings. The third kappa shape index (κ3) is 2.47. The number of benzene rings is 1. The Kier molecular flexibility index (Phi) is 3.34. The number of pyridine rings is 1. The Morgan fingerprint density at radius 2 is 2.14 bits per heavy atom. The summed E-state index contributed by atoms with van der Waals surface area (Å²) in [6.07, 6.45) is 1.59. The zero-order valence-corrected chi connectivity index (χ0v) is 12.1. The van der Waals surface area contributed by atoms with E-state index >= 15 is 0 Å². The fraction of sp³-hybridized carbons (Fsp3) is 0. The van der Waals surface area contributed by atoms with Gasteiger partial charge in [-0.05, 0) is 30.3 Å². The number of hydrogen-bond donors (Lipinski definition) is 2. The van der Waals surface area contributed by atoms with E-state index in [2.05, 4.69) is 26.2 Å². The maximum atomic E-state index is 13.8. The van der Waals surface area contributed by atoms with Gasteiger partial charge in [-0.25, -0.2) is 14.2 Å². The van der Waals surface area contributed by atoms with E-state index < -0.39 is 11.8 Å². The Balaban J connectivity index is 2.14. The molecule has 7 heteroatoms. The summed E-state index contributed by atoms with van der Waals surface area (Å²) < 4.78 is 15.9. The van der Waals surface area contributed by atoms with Gasteiger partial charge in [0.2, 0.25) is 0 Å². The summed E-state index contributed by atoms with van der Waals surface area (Å²) >= 11 is 3.24. The Morgan fingerprint density at radius 1 is 1.33 bits per heavy atom. The summed E-state index contributed by atoms with van der Waals surface area (Å²) in [5, 5.41) is 12.1. The van der Waals surface area contributed by atoms with Crippen LogP contribution in [0, 0.1) is 5.82 Å². The molecule has 2 N–H and O–H groups in total. The predicted molar refractivity (Wildman–Crippen MR) is 79.5 cm³/mol. The van der Waals surface area contributed by atoms with Crippen molar-refractivity contribution in [2.45, 2.75) is 0 Å². The van der Waals surface area contributed by atoms with Crippen LogP contribution in [0.25, 0.3) is 5.65 Å². The molecule has 0 radical (unpaired) electrons. The maximum absolute atomic E-state index is 13.8. The van der Waals surface area contributed by atoms with Crippen LogP contribution in [-0.4, -0.2) is 20.5 Å². The Morgan fingerprint density at radius 3 is 2.90 bits per heavy atom. The van der Waals surface area contributed by atoms with E-state index in [0.717, 1.165) is 0 Å². The molecule has 2 heterocycles. The monoisotopic (exact) mass is 349 g/mol. The van der Waals surface area contributed by atoms with Crippen LogP contribution in [0.1, 0.15) is 10.5 Å². The fourth-order valence-corrected chi connectivity index (χ4v) is 2.37. The predicted octanol–water partition coefficient (Wildman–Crippen LogP) is 3.68. The molecule has 21 heavy (non-hydrogen) atoms. The number of aromatic carboxylic acids is 1. The Hall–Kier alpha value is -2.41. The van der Waals surface area contributed by atoms with Crippen molar-refractivity contribution in [2.75, 3.05) is 5.32 Å². The van der Waals surface area contributed by atoms with Crippen LogP contribution >= 0.6 is 15.9 Å². The van der Waals surface area contributed by atoms with Crippen molar-refractivity contribution < 1.29 is 14.3 Å². The number of hydrogen-bond acceptors (Lipinski definition) is 3. The van der Waals surface area contributed by atoms with Crippen molar-refractivity contribution in [2.24, 2.45) is 0 Å². The number of halogens is 2. The van der Waals surface area contributed by atoms with Crippen molar-refractivity contribution in [1.29, 1.82) is 0 Å². The molecule has 0 unspecified atom stereocenters. The van der Waals surface area contributed by atoms with E-state index in [0.29, 0.717) is 10.1 Å². The molecular weight excluding hydrogens is 341 g/mol. The van der Waals surface area contributed by atoms with E-state index in [-0.39, 0.29) is 17.2 Å². The summed E-state index contributed by atoms with van der Waals surface area (Å²) in [6, 6.07) is 9.48. The van der Waals surface area contributed by atoms with Crippen molar-refractivity contribution in [1.82, 2.24) is 9.38 Å². The van der Waals surface area contributed by atoms with Gasteiger partial charge in [0.05, 0.1) is 5.69 Å². The molecule has 0 bridgehead atoms. The number of carbonyl (C=O) groups is 1. The molecule has 0 aliphatic heterocycles. The van der Waals surface area contributed by atoms with Crippen LogP contribution in [0.15, 0.2) is 47.1 Å². The first-order valence-corrected chi connectivity index (χ1v) is 6.78. The second-order valence-corrected chi connectivity index (χ2v) is 5.21. The number of carboxylic acids is 1. The lowest BCUT2D eigenvalue weighted by Crippen LogP contribution is -2.05. The lowest BCUT2D eigenvalue weighted by molar-refractivity contribution is 0.0690. The molecule has 0 amide bonds. The lowest BCUT2D eigenvalue weighted by atomic mass is 10.3. The maximum Gasteiger partial charge on any atom is 0.356 e. The van der Waals surface area contributed by atoms with Crippen molar-refractivity contribution in [3.8, 4) is 0 Å². The van der Waals surface area contributed by atoms with Crippen LogP contribution in [0.3, 0.4) is 0 Å². The molecule has 5 nitrogen and oxygen atoms in total. The van der Waals surface area contributed by atoms with Gasteiger partial charge in [-0.1, -0.05) is 22.0 Å². The Labute approximate surface area is 127 Å². The van der Waals surface area contributed by atoms with E-state index in [1.807, 2.05) is 0 Å². The van der Waals surface area contributed by atoms with Crippen LogP contribution < -0.4 is 5.32 Å². The average Bonchev–Trinajstić information content (AvgIpc) is 2.80. The fourth-order valence-electron chi connectivity index (χ4n) is 2.01. The molecule has 3 rings (SSSR count). The third-order valence-corrected chi connectivity index (χ3v) is 3.41. The number of carboxylic acid groups (broad SMARTS) is 1. The first-order valence-electron chi connectivity index (χ1n) is 5.99. The number of nitrogens with one attached hydrogen (secondary N) is 1. The third-order valence-electron chi connectivity index (χ3n) is 2.91. The molecule has 0 saturated heterocycles. The van der Waals surface area contributed by atoms with Gasteiger partial charge in [0, 0.05) is 10.7 Å². The minimum Gasteiger partial charge on any atom is -0.476 e. The molecule has 0 aliphatic rings. The summed E-state index contributed by atoms with van der Waals surface area (Å²) in [6.45, 7) is 0. The molecule has 1 aromatic carbocycles. The minimum absolute atomic E-state index is 0.0509. The van der Waals surface area contributed by atoms with Gasteiger partial charge in [-0.2, -0.15) is 0 Å². The highest BCUT2D eigenvalue weighted by Gasteiger charge is 2.19. The molecule has 2 aromatic heterocycles. The van der Waals surface area contributed by atoms with E-state index in [1.165, 1.54) is 16.5 Å². The lowest BCUT2D eigenvalue weighted by Gasteiger charge is -2.06. The SMILES string of the molecule is O=C(O)c1c(Nc2cc(Br)ccc2F)nc2ccccn12. The van der Waals surface area contributed by atoms with E-state index in [1.54, 1.807) is 30.5 Å². The molecular formula is C14H9BrFN3O2. The number of aromatic nitrogens is 2. The first-order chi connectivity index (χ1) is 10.1. The van der Waals surface area contributed by atoms with Crippen molar-refractivity contribution in [3.05, 3.63) is 58.6 Å². The number of imidazole rings is 1. The zero-order chi connectivity index (χ0) is 15.0. The average molecular weight is 350 g/mol. The molecule has 0 atom stereocenters. The van der Waals surface area contributed by atoms with Crippen LogP contribution in [0.5, 0.6) is 0 Å². The second-order valence-electron chi connectivity index (χ2n) is 4.29. The van der Waals surface area contributed by atoms with Gasteiger partial charge in [0.25, 0.3) is 0 Å². The first kappa shape index (κ1) is 13.6. The van der Waals surface area contributed by atoms with Crippen LogP contribution in [-0.2, 0) is 0 Å². The summed E-state index contributed by atoms with van der Waals surface area (Å²) in [4.78, 5) is 15.6. The number of fused-ring (bicyclic) bond motifs is 1. The normalized spacial score (nSPS) is 10.8. The Bertz CT molecular complexity index is 847. The minimum atomic E-state index is -1.15. The molecule has 0 saturated carbocycles. The van der Waals surface area contributed by atoms with Crippen molar-refractivity contribution >= 4 is 39.1 Å². The van der Waals surface area contributed by atoms with Crippen molar-refractivity contribution in [3.63, 3.8) is 0 Å². The van der Waals surface area contributed by atoms with Gasteiger partial charge in [-0.3, -0.25) is 4.40 Å². The number of nitrogens with zero attached hydrogens (tertiary/aromatic N) is 2.